The van der Waals surface area contributed by atoms with Crippen molar-refractivity contribution in [2.24, 2.45) is 0 Å². The molecule has 0 fully saturated rings. The molecule has 5 nitrogen and oxygen atoms in total. The minimum atomic E-state index is -0.353. The zero-order chi connectivity index (χ0) is 17.8. The minimum Gasteiger partial charge on any atom is -0.495 e. The van der Waals surface area contributed by atoms with E-state index in [9.17, 15) is 4.79 Å². The van der Waals surface area contributed by atoms with Gasteiger partial charge in [-0.15, -0.1) is 0 Å². The van der Waals surface area contributed by atoms with Crippen LogP contribution >= 0.6 is 11.6 Å². The highest BCUT2D eigenvalue weighted by Gasteiger charge is 2.10. The van der Waals surface area contributed by atoms with Crippen LogP contribution in [-0.2, 0) is 0 Å². The van der Waals surface area contributed by atoms with Crippen molar-refractivity contribution in [1.29, 1.82) is 0 Å². The van der Waals surface area contributed by atoms with Gasteiger partial charge in [0.25, 0.3) is 0 Å². The van der Waals surface area contributed by atoms with E-state index < -0.39 is 0 Å². The summed E-state index contributed by atoms with van der Waals surface area (Å²) in [4.78, 5) is 12.2. The quantitative estimate of drug-likeness (QED) is 0.684. The lowest BCUT2D eigenvalue weighted by atomic mass is 10.2. The van der Waals surface area contributed by atoms with Crippen molar-refractivity contribution in [3.63, 3.8) is 0 Å². The summed E-state index contributed by atoms with van der Waals surface area (Å²) in [5, 5.41) is 6.17. The van der Waals surface area contributed by atoms with Crippen LogP contribution in [0.1, 0.15) is 5.56 Å². The maximum atomic E-state index is 12.2. The highest BCUT2D eigenvalue weighted by atomic mass is 35.5. The predicted octanol–water partition coefficient (Wildman–Crippen LogP) is 5.09. The molecule has 3 rings (SSSR count). The van der Waals surface area contributed by atoms with Crippen molar-refractivity contribution < 1.29 is 9.53 Å². The van der Waals surface area contributed by atoms with Crippen molar-refractivity contribution in [2.75, 3.05) is 17.7 Å². The largest absolute Gasteiger partial charge is 0.495 e. The van der Waals surface area contributed by atoms with Gasteiger partial charge in [0.15, 0.2) is 0 Å². The topological polar surface area (TPSA) is 55.3 Å². The number of carbonyl (C=O) groups is 1. The van der Waals surface area contributed by atoms with Crippen molar-refractivity contribution in [1.82, 2.24) is 4.57 Å². The van der Waals surface area contributed by atoms with Crippen molar-refractivity contribution >= 4 is 29.0 Å². The molecule has 25 heavy (non-hydrogen) atoms. The molecular weight excluding hydrogens is 338 g/mol. The molecule has 0 aliphatic carbocycles. The molecule has 0 atom stereocenters. The summed E-state index contributed by atoms with van der Waals surface area (Å²) >= 11 is 6.08. The first kappa shape index (κ1) is 16.9. The van der Waals surface area contributed by atoms with Gasteiger partial charge >= 0.3 is 6.03 Å². The molecule has 0 saturated carbocycles. The summed E-state index contributed by atoms with van der Waals surface area (Å²) in [5.74, 6) is 0.508. The molecule has 0 aliphatic rings. The third-order valence-corrected chi connectivity index (χ3v) is 4.16. The Morgan fingerprint density at radius 1 is 1.08 bits per heavy atom. The van der Waals surface area contributed by atoms with Crippen LogP contribution in [0.4, 0.5) is 16.2 Å². The zero-order valence-electron chi connectivity index (χ0n) is 13.9. The number of aryl methyl sites for hydroxylation is 1. The number of hydrogen-bond acceptors (Lipinski definition) is 2. The van der Waals surface area contributed by atoms with E-state index in [1.807, 2.05) is 60.3 Å². The summed E-state index contributed by atoms with van der Waals surface area (Å²) in [6.45, 7) is 1.87. The van der Waals surface area contributed by atoms with E-state index in [0.29, 0.717) is 22.1 Å². The lowest BCUT2D eigenvalue weighted by Crippen LogP contribution is -2.20. The van der Waals surface area contributed by atoms with Gasteiger partial charge < -0.3 is 19.9 Å². The van der Waals surface area contributed by atoms with Crippen molar-refractivity contribution in [3.05, 3.63) is 71.5 Å². The molecule has 2 aromatic carbocycles. The van der Waals surface area contributed by atoms with Crippen LogP contribution in [0.25, 0.3) is 5.69 Å². The number of aromatic nitrogens is 1. The van der Waals surface area contributed by atoms with Crippen LogP contribution in [0.3, 0.4) is 0 Å². The van der Waals surface area contributed by atoms with E-state index in [1.165, 1.54) is 7.11 Å². The SMILES string of the molecule is COc1cc(Cl)c(C)cc1NC(=O)Nc1ccc(-n2cccc2)cc1. The van der Waals surface area contributed by atoms with Gasteiger partial charge in [0.1, 0.15) is 5.75 Å². The number of methoxy groups -OCH3 is 1. The van der Waals surface area contributed by atoms with Gasteiger partial charge in [-0.3, -0.25) is 0 Å². The van der Waals surface area contributed by atoms with Crippen LogP contribution in [0.5, 0.6) is 5.75 Å². The Hall–Kier alpha value is -2.92. The molecule has 3 aromatic rings. The molecule has 0 spiro atoms. The number of halogens is 1. The maximum absolute atomic E-state index is 12.2. The van der Waals surface area contributed by atoms with Crippen LogP contribution in [0.15, 0.2) is 60.9 Å². The van der Waals surface area contributed by atoms with Crippen molar-refractivity contribution in [2.45, 2.75) is 6.92 Å². The molecule has 2 amide bonds. The fourth-order valence-electron chi connectivity index (χ4n) is 2.44. The van der Waals surface area contributed by atoms with Gasteiger partial charge in [-0.05, 0) is 55.0 Å². The molecule has 2 N–H and O–H groups in total. The van der Waals surface area contributed by atoms with E-state index in [2.05, 4.69) is 10.6 Å². The Balaban J connectivity index is 1.70. The maximum Gasteiger partial charge on any atom is 0.323 e. The smallest absolute Gasteiger partial charge is 0.323 e. The second-order valence-electron chi connectivity index (χ2n) is 5.52. The highest BCUT2D eigenvalue weighted by Crippen LogP contribution is 2.31. The van der Waals surface area contributed by atoms with Gasteiger partial charge in [0.05, 0.1) is 12.8 Å². The number of hydrogen-bond donors (Lipinski definition) is 2. The monoisotopic (exact) mass is 355 g/mol. The molecule has 0 saturated heterocycles. The average Bonchev–Trinajstić information content (AvgIpc) is 3.13. The Morgan fingerprint density at radius 3 is 2.40 bits per heavy atom. The van der Waals surface area contributed by atoms with Gasteiger partial charge in [0.2, 0.25) is 0 Å². The van der Waals surface area contributed by atoms with Crippen LogP contribution < -0.4 is 15.4 Å². The first-order valence-electron chi connectivity index (χ1n) is 7.72. The fourth-order valence-corrected chi connectivity index (χ4v) is 2.59. The highest BCUT2D eigenvalue weighted by molar-refractivity contribution is 6.31. The Kier molecular flexibility index (Phi) is 4.95. The number of anilines is 2. The summed E-state index contributed by atoms with van der Waals surface area (Å²) in [5.41, 5.74) is 3.13. The third-order valence-electron chi connectivity index (χ3n) is 3.76. The summed E-state index contributed by atoms with van der Waals surface area (Å²) in [6, 6.07) is 14.6. The van der Waals surface area contributed by atoms with E-state index in [-0.39, 0.29) is 6.03 Å². The summed E-state index contributed by atoms with van der Waals surface area (Å²) in [6.07, 6.45) is 3.93. The number of urea groups is 1. The Bertz CT molecular complexity index is 874. The van der Waals surface area contributed by atoms with Crippen molar-refractivity contribution in [3.8, 4) is 11.4 Å². The van der Waals surface area contributed by atoms with Gasteiger partial charge in [-0.1, -0.05) is 11.6 Å². The Morgan fingerprint density at radius 2 is 1.76 bits per heavy atom. The second-order valence-corrected chi connectivity index (χ2v) is 5.93. The third kappa shape index (κ3) is 3.95. The minimum absolute atomic E-state index is 0.353. The average molecular weight is 356 g/mol. The predicted molar refractivity (Wildman–Crippen MR) is 101 cm³/mol. The normalized spacial score (nSPS) is 10.4. The molecule has 1 aromatic heterocycles. The lowest BCUT2D eigenvalue weighted by Gasteiger charge is -2.13. The van der Waals surface area contributed by atoms with E-state index in [4.69, 9.17) is 16.3 Å². The zero-order valence-corrected chi connectivity index (χ0v) is 14.7. The van der Waals surface area contributed by atoms with E-state index >= 15 is 0 Å². The van der Waals surface area contributed by atoms with Gasteiger partial charge in [-0.2, -0.15) is 0 Å². The number of ether oxygens (including phenoxy) is 1. The number of nitrogens with zero attached hydrogens (tertiary/aromatic N) is 1. The van der Waals surface area contributed by atoms with Crippen LogP contribution in [0, 0.1) is 6.92 Å². The van der Waals surface area contributed by atoms with E-state index in [0.717, 1.165) is 11.3 Å². The second kappa shape index (κ2) is 7.32. The van der Waals surface area contributed by atoms with Gasteiger partial charge in [-0.25, -0.2) is 4.79 Å². The number of carbonyl (C=O) groups excluding carboxylic acids is 1. The molecule has 0 radical (unpaired) electrons. The number of amides is 2. The number of rotatable bonds is 4. The number of benzene rings is 2. The molecule has 6 heteroatoms. The molecular formula is C19H18ClN3O2. The van der Waals surface area contributed by atoms with E-state index in [1.54, 1.807) is 12.1 Å². The fraction of sp³-hybridized carbons (Fsp3) is 0.105. The summed E-state index contributed by atoms with van der Waals surface area (Å²) in [7, 11) is 1.53. The van der Waals surface area contributed by atoms with Crippen LogP contribution in [-0.4, -0.2) is 17.7 Å². The van der Waals surface area contributed by atoms with Gasteiger partial charge in [0, 0.05) is 34.9 Å². The molecule has 0 unspecified atom stereocenters. The molecule has 0 bridgehead atoms. The lowest BCUT2D eigenvalue weighted by molar-refractivity contribution is 0.262. The number of nitrogens with one attached hydrogen (secondary N) is 2. The molecule has 128 valence electrons. The summed E-state index contributed by atoms with van der Waals surface area (Å²) < 4.78 is 7.25. The Labute approximate surface area is 151 Å². The molecule has 0 aliphatic heterocycles. The first-order chi connectivity index (χ1) is 12.1. The standard InChI is InChI=1S/C19H18ClN3O2/c1-13-11-17(18(25-2)12-16(13)20)22-19(24)21-14-5-7-15(8-6-14)23-9-3-4-10-23/h3-12H,1-2H3,(H2,21,22,24). The first-order valence-corrected chi connectivity index (χ1v) is 8.10. The molecule has 1 heterocycles. The van der Waals surface area contributed by atoms with Crippen LogP contribution in [0.2, 0.25) is 5.02 Å².